The second-order valence-corrected chi connectivity index (χ2v) is 4.68. The Kier molecular flexibility index (Phi) is 5.79. The SMILES string of the molecule is COC(C[C@H](C)NC(=O)c1ccc(Cl)cc1)C(N)=O. The van der Waals surface area contributed by atoms with Crippen LogP contribution in [0.3, 0.4) is 0 Å². The summed E-state index contributed by atoms with van der Waals surface area (Å²) in [4.78, 5) is 22.9. The van der Waals surface area contributed by atoms with Crippen LogP contribution in [-0.4, -0.2) is 31.1 Å². The van der Waals surface area contributed by atoms with Crippen molar-refractivity contribution >= 4 is 23.4 Å². The van der Waals surface area contributed by atoms with Gasteiger partial charge in [0.25, 0.3) is 5.91 Å². The molecule has 19 heavy (non-hydrogen) atoms. The van der Waals surface area contributed by atoms with Gasteiger partial charge in [0.05, 0.1) is 0 Å². The third-order valence-corrected chi connectivity index (χ3v) is 2.91. The lowest BCUT2D eigenvalue weighted by molar-refractivity contribution is -0.128. The molecule has 0 saturated carbocycles. The summed E-state index contributed by atoms with van der Waals surface area (Å²) in [7, 11) is 1.41. The van der Waals surface area contributed by atoms with Crippen molar-refractivity contribution < 1.29 is 14.3 Å². The number of nitrogens with two attached hydrogens (primary N) is 1. The van der Waals surface area contributed by atoms with Crippen molar-refractivity contribution in [3.63, 3.8) is 0 Å². The molecule has 1 unspecified atom stereocenters. The topological polar surface area (TPSA) is 81.4 Å². The fraction of sp³-hybridized carbons (Fsp3) is 0.385. The van der Waals surface area contributed by atoms with Gasteiger partial charge in [-0.2, -0.15) is 0 Å². The van der Waals surface area contributed by atoms with Crippen LogP contribution < -0.4 is 11.1 Å². The second kappa shape index (κ2) is 7.11. The summed E-state index contributed by atoms with van der Waals surface area (Å²) in [5.74, 6) is -0.779. The Hall–Kier alpha value is -1.59. The number of nitrogens with one attached hydrogen (secondary N) is 1. The first kappa shape index (κ1) is 15.5. The van der Waals surface area contributed by atoms with Crippen molar-refractivity contribution in [3.8, 4) is 0 Å². The molecule has 104 valence electrons. The number of carbonyl (C=O) groups excluding carboxylic acids is 2. The van der Waals surface area contributed by atoms with E-state index in [0.29, 0.717) is 17.0 Å². The molecule has 3 N–H and O–H groups in total. The quantitative estimate of drug-likeness (QED) is 0.827. The highest BCUT2D eigenvalue weighted by Crippen LogP contribution is 2.10. The number of hydrogen-bond donors (Lipinski definition) is 2. The highest BCUT2D eigenvalue weighted by atomic mass is 35.5. The van der Waals surface area contributed by atoms with Crippen LogP contribution in [0.15, 0.2) is 24.3 Å². The van der Waals surface area contributed by atoms with Crippen molar-refractivity contribution in [1.29, 1.82) is 0 Å². The van der Waals surface area contributed by atoms with E-state index in [1.165, 1.54) is 7.11 Å². The Balaban J connectivity index is 2.56. The molecule has 2 atom stereocenters. The van der Waals surface area contributed by atoms with Crippen molar-refractivity contribution in [2.24, 2.45) is 5.73 Å². The second-order valence-electron chi connectivity index (χ2n) is 4.24. The molecule has 0 aliphatic heterocycles. The maximum absolute atomic E-state index is 11.9. The van der Waals surface area contributed by atoms with Gasteiger partial charge in [-0.1, -0.05) is 11.6 Å². The number of carbonyl (C=O) groups is 2. The van der Waals surface area contributed by atoms with Crippen molar-refractivity contribution in [1.82, 2.24) is 5.32 Å². The number of primary amides is 1. The Morgan fingerprint density at radius 1 is 1.37 bits per heavy atom. The summed E-state index contributed by atoms with van der Waals surface area (Å²) in [6.45, 7) is 1.78. The van der Waals surface area contributed by atoms with Crippen LogP contribution in [0.2, 0.25) is 5.02 Å². The van der Waals surface area contributed by atoms with Crippen LogP contribution in [0.25, 0.3) is 0 Å². The maximum atomic E-state index is 11.9. The smallest absolute Gasteiger partial charge is 0.251 e. The lowest BCUT2D eigenvalue weighted by atomic mass is 10.1. The molecule has 0 fully saturated rings. The maximum Gasteiger partial charge on any atom is 0.251 e. The first-order chi connectivity index (χ1) is 8.93. The third kappa shape index (κ3) is 4.89. The predicted octanol–water partition coefficient (Wildman–Crippen LogP) is 1.35. The molecule has 0 saturated heterocycles. The van der Waals surface area contributed by atoms with Crippen LogP contribution in [0.1, 0.15) is 23.7 Å². The minimum absolute atomic E-state index is 0.233. The fourth-order valence-corrected chi connectivity index (χ4v) is 1.74. The van der Waals surface area contributed by atoms with Gasteiger partial charge in [0, 0.05) is 30.2 Å². The molecule has 1 rings (SSSR count). The number of hydrogen-bond acceptors (Lipinski definition) is 3. The molecule has 0 radical (unpaired) electrons. The van der Waals surface area contributed by atoms with Crippen molar-refractivity contribution in [2.45, 2.75) is 25.5 Å². The first-order valence-electron chi connectivity index (χ1n) is 5.82. The Morgan fingerprint density at radius 3 is 2.42 bits per heavy atom. The molecule has 0 spiro atoms. The molecular formula is C13H17ClN2O3. The molecule has 1 aromatic carbocycles. The first-order valence-corrected chi connectivity index (χ1v) is 6.20. The summed E-state index contributed by atoms with van der Waals surface area (Å²) < 4.78 is 4.94. The zero-order valence-corrected chi connectivity index (χ0v) is 11.6. The molecule has 0 heterocycles. The van der Waals surface area contributed by atoms with Gasteiger partial charge in [-0.25, -0.2) is 0 Å². The van der Waals surface area contributed by atoms with Gasteiger partial charge in [0.15, 0.2) is 0 Å². The zero-order chi connectivity index (χ0) is 14.4. The zero-order valence-electron chi connectivity index (χ0n) is 10.9. The van der Waals surface area contributed by atoms with Crippen molar-refractivity contribution in [3.05, 3.63) is 34.9 Å². The lowest BCUT2D eigenvalue weighted by Gasteiger charge is -2.18. The molecule has 5 nitrogen and oxygen atoms in total. The van der Waals surface area contributed by atoms with Gasteiger partial charge in [0.2, 0.25) is 5.91 Å². The summed E-state index contributed by atoms with van der Waals surface area (Å²) in [5, 5.41) is 3.33. The molecular weight excluding hydrogens is 268 g/mol. The number of amides is 2. The summed E-state index contributed by atoms with van der Waals surface area (Å²) in [6.07, 6.45) is -0.383. The van der Waals surface area contributed by atoms with E-state index in [-0.39, 0.29) is 11.9 Å². The molecule has 1 aromatic rings. The van der Waals surface area contributed by atoms with E-state index >= 15 is 0 Å². The largest absolute Gasteiger partial charge is 0.372 e. The molecule has 0 aliphatic carbocycles. The molecule has 2 amide bonds. The van der Waals surface area contributed by atoms with Crippen LogP contribution in [0.5, 0.6) is 0 Å². The summed E-state index contributed by atoms with van der Waals surface area (Å²) >= 11 is 5.74. The van der Waals surface area contributed by atoms with Gasteiger partial charge in [-0.3, -0.25) is 9.59 Å². The standard InChI is InChI=1S/C13H17ClN2O3/c1-8(7-11(19-2)12(15)17)16-13(18)9-3-5-10(14)6-4-9/h3-6,8,11H,7H2,1-2H3,(H2,15,17)(H,16,18)/t8-,11?/m0/s1. The van der Waals surface area contributed by atoms with Gasteiger partial charge >= 0.3 is 0 Å². The van der Waals surface area contributed by atoms with E-state index in [4.69, 9.17) is 22.1 Å². The normalized spacial score (nSPS) is 13.6. The Morgan fingerprint density at radius 2 is 1.95 bits per heavy atom. The third-order valence-electron chi connectivity index (χ3n) is 2.65. The average molecular weight is 285 g/mol. The van der Waals surface area contributed by atoms with Crippen molar-refractivity contribution in [2.75, 3.05) is 7.11 Å². The minimum Gasteiger partial charge on any atom is -0.372 e. The van der Waals surface area contributed by atoms with Gasteiger partial charge in [-0.15, -0.1) is 0 Å². The van der Waals surface area contributed by atoms with E-state index in [9.17, 15) is 9.59 Å². The highest BCUT2D eigenvalue weighted by molar-refractivity contribution is 6.30. The van der Waals surface area contributed by atoms with Crippen LogP contribution in [0, 0.1) is 0 Å². The Bertz CT molecular complexity index is 448. The summed E-state index contributed by atoms with van der Waals surface area (Å²) in [6, 6.07) is 6.31. The van der Waals surface area contributed by atoms with E-state index in [0.717, 1.165) is 0 Å². The van der Waals surface area contributed by atoms with Gasteiger partial charge in [-0.05, 0) is 31.2 Å². The highest BCUT2D eigenvalue weighted by Gasteiger charge is 2.19. The molecule has 0 bridgehead atoms. The van der Waals surface area contributed by atoms with E-state index < -0.39 is 12.0 Å². The van der Waals surface area contributed by atoms with Crippen LogP contribution >= 0.6 is 11.6 Å². The Labute approximate surface area is 117 Å². The van der Waals surface area contributed by atoms with E-state index in [1.54, 1.807) is 31.2 Å². The van der Waals surface area contributed by atoms with Crippen LogP contribution in [-0.2, 0) is 9.53 Å². The van der Waals surface area contributed by atoms with E-state index in [2.05, 4.69) is 5.32 Å². The summed E-state index contributed by atoms with van der Waals surface area (Å²) in [5.41, 5.74) is 5.67. The fourth-order valence-electron chi connectivity index (χ4n) is 1.62. The molecule has 0 aromatic heterocycles. The minimum atomic E-state index is -0.708. The average Bonchev–Trinajstić information content (AvgIpc) is 2.36. The molecule has 6 heteroatoms. The predicted molar refractivity (Wildman–Crippen MR) is 73.0 cm³/mol. The number of methoxy groups -OCH3 is 1. The number of ether oxygens (including phenoxy) is 1. The van der Waals surface area contributed by atoms with Gasteiger partial charge < -0.3 is 15.8 Å². The van der Waals surface area contributed by atoms with Crippen LogP contribution in [0.4, 0.5) is 0 Å². The lowest BCUT2D eigenvalue weighted by Crippen LogP contribution is -2.40. The van der Waals surface area contributed by atoms with Gasteiger partial charge in [0.1, 0.15) is 6.10 Å². The van der Waals surface area contributed by atoms with E-state index in [1.807, 2.05) is 0 Å². The molecule has 0 aliphatic rings. The number of benzene rings is 1. The monoisotopic (exact) mass is 284 g/mol. The number of halogens is 1. The number of rotatable bonds is 6.